The Morgan fingerprint density at radius 1 is 0.909 bits per heavy atom. The fourth-order valence-electron chi connectivity index (χ4n) is 5.67. The summed E-state index contributed by atoms with van der Waals surface area (Å²) in [6.45, 7) is 2.33. The molecule has 0 radical (unpaired) electrons. The minimum absolute atomic E-state index is 0.0780. The van der Waals surface area contributed by atoms with E-state index in [4.69, 9.17) is 0 Å². The number of carbonyl (C=O) groups excluding carboxylic acids is 1. The standard InChI is InChI=1S/C27H28N4O2/c32-23-14-22-16-29(15-21-8-5-13-28-27(21)30(22)17-23)18-26(33)31-24-9-3-1-6-19(24)11-12-20-7-2-4-10-25(20)31/h1-10,13,22-23,32H,11-12,14-18H2/t22-,23-/m1/s1. The molecular formula is C27H28N4O2. The summed E-state index contributed by atoms with van der Waals surface area (Å²) < 4.78 is 0. The molecule has 1 saturated heterocycles. The number of pyridine rings is 1. The first kappa shape index (κ1) is 20.4. The van der Waals surface area contributed by atoms with Gasteiger partial charge in [-0.15, -0.1) is 0 Å². The molecule has 1 fully saturated rings. The van der Waals surface area contributed by atoms with Crippen molar-refractivity contribution in [3.05, 3.63) is 83.6 Å². The van der Waals surface area contributed by atoms with Crippen LogP contribution in [0.2, 0.25) is 0 Å². The van der Waals surface area contributed by atoms with Gasteiger partial charge in [0.05, 0.1) is 24.0 Å². The van der Waals surface area contributed by atoms with Gasteiger partial charge < -0.3 is 10.0 Å². The van der Waals surface area contributed by atoms with E-state index in [1.807, 2.05) is 29.3 Å². The molecule has 2 atom stereocenters. The summed E-state index contributed by atoms with van der Waals surface area (Å²) in [5, 5.41) is 10.3. The Morgan fingerprint density at radius 2 is 1.58 bits per heavy atom. The zero-order valence-electron chi connectivity index (χ0n) is 18.6. The fourth-order valence-corrected chi connectivity index (χ4v) is 5.67. The van der Waals surface area contributed by atoms with Crippen LogP contribution >= 0.6 is 0 Å². The summed E-state index contributed by atoms with van der Waals surface area (Å²) in [4.78, 5) is 24.9. The van der Waals surface area contributed by atoms with E-state index in [-0.39, 0.29) is 18.1 Å². The van der Waals surface area contributed by atoms with Crippen molar-refractivity contribution in [2.75, 3.05) is 29.4 Å². The number of hydrogen-bond acceptors (Lipinski definition) is 5. The molecule has 6 nitrogen and oxygen atoms in total. The van der Waals surface area contributed by atoms with Crippen molar-refractivity contribution < 1.29 is 9.90 Å². The number of carbonyl (C=O) groups is 1. The Morgan fingerprint density at radius 3 is 2.30 bits per heavy atom. The SMILES string of the molecule is O=C(CN1Cc2cccnc2N2C[C@H](O)C[C@@H]2C1)N1c2ccccc2CCc2ccccc21. The Labute approximate surface area is 194 Å². The molecule has 3 aliphatic heterocycles. The van der Waals surface area contributed by atoms with Crippen molar-refractivity contribution >= 4 is 23.1 Å². The van der Waals surface area contributed by atoms with Crippen LogP contribution in [0.4, 0.5) is 17.2 Å². The second kappa shape index (κ2) is 8.28. The molecule has 168 valence electrons. The highest BCUT2D eigenvalue weighted by Gasteiger charge is 2.37. The van der Waals surface area contributed by atoms with Gasteiger partial charge in [0.15, 0.2) is 0 Å². The topological polar surface area (TPSA) is 59.9 Å². The van der Waals surface area contributed by atoms with Crippen molar-refractivity contribution in [2.45, 2.75) is 38.0 Å². The van der Waals surface area contributed by atoms with Crippen LogP contribution in [-0.4, -0.2) is 52.7 Å². The lowest BCUT2D eigenvalue weighted by Gasteiger charge is -2.30. The fraction of sp³-hybridized carbons (Fsp3) is 0.333. The van der Waals surface area contributed by atoms with E-state index in [1.165, 1.54) is 11.1 Å². The number of fused-ring (bicyclic) bond motifs is 5. The first-order valence-electron chi connectivity index (χ1n) is 11.8. The lowest BCUT2D eigenvalue weighted by Crippen LogP contribution is -2.42. The van der Waals surface area contributed by atoms with E-state index in [2.05, 4.69) is 57.2 Å². The highest BCUT2D eigenvalue weighted by molar-refractivity contribution is 6.03. The summed E-state index contributed by atoms with van der Waals surface area (Å²) in [6.07, 6.45) is 4.01. The molecule has 1 N–H and O–H groups in total. The average molecular weight is 441 g/mol. The molecule has 6 rings (SSSR count). The van der Waals surface area contributed by atoms with Gasteiger partial charge in [-0.3, -0.25) is 14.6 Å². The Bertz CT molecular complexity index is 1150. The molecule has 0 saturated carbocycles. The van der Waals surface area contributed by atoms with Gasteiger partial charge in [0.1, 0.15) is 5.82 Å². The second-order valence-electron chi connectivity index (χ2n) is 9.34. The summed E-state index contributed by atoms with van der Waals surface area (Å²) >= 11 is 0. The number of hydrogen-bond donors (Lipinski definition) is 1. The van der Waals surface area contributed by atoms with E-state index >= 15 is 0 Å². The van der Waals surface area contributed by atoms with E-state index in [1.54, 1.807) is 0 Å². The summed E-state index contributed by atoms with van der Waals surface area (Å²) in [5.74, 6) is 1.02. The molecule has 0 aliphatic carbocycles. The summed E-state index contributed by atoms with van der Waals surface area (Å²) in [6, 6.07) is 20.7. The van der Waals surface area contributed by atoms with Crippen molar-refractivity contribution in [3.63, 3.8) is 0 Å². The normalized spacial score (nSPS) is 22.0. The van der Waals surface area contributed by atoms with Gasteiger partial charge in [-0.2, -0.15) is 0 Å². The molecule has 1 aromatic heterocycles. The number of aryl methyl sites for hydroxylation is 2. The third-order valence-corrected chi connectivity index (χ3v) is 7.13. The molecule has 0 bridgehead atoms. The molecule has 4 heterocycles. The van der Waals surface area contributed by atoms with Crippen LogP contribution < -0.4 is 9.80 Å². The molecule has 0 unspecified atom stereocenters. The predicted molar refractivity (Wildman–Crippen MR) is 129 cm³/mol. The van der Waals surface area contributed by atoms with Crippen LogP contribution in [0.15, 0.2) is 66.9 Å². The molecule has 6 heteroatoms. The number of rotatable bonds is 2. The number of aliphatic hydroxyl groups excluding tert-OH is 1. The zero-order valence-corrected chi connectivity index (χ0v) is 18.6. The molecule has 0 spiro atoms. The average Bonchev–Trinajstić information content (AvgIpc) is 3.02. The number of aromatic nitrogens is 1. The quantitative estimate of drug-likeness (QED) is 0.663. The van der Waals surface area contributed by atoms with Crippen molar-refractivity contribution in [3.8, 4) is 0 Å². The monoisotopic (exact) mass is 440 g/mol. The zero-order chi connectivity index (χ0) is 22.4. The highest BCUT2D eigenvalue weighted by atomic mass is 16.3. The summed E-state index contributed by atoms with van der Waals surface area (Å²) in [5.41, 5.74) is 5.50. The number of anilines is 3. The van der Waals surface area contributed by atoms with Gasteiger partial charge in [-0.25, -0.2) is 4.98 Å². The van der Waals surface area contributed by atoms with Crippen LogP contribution in [0, 0.1) is 0 Å². The Balaban J connectivity index is 1.34. The minimum atomic E-state index is -0.357. The lowest BCUT2D eigenvalue weighted by molar-refractivity contribution is -0.119. The van der Waals surface area contributed by atoms with Gasteiger partial charge in [0.25, 0.3) is 0 Å². The van der Waals surface area contributed by atoms with Gasteiger partial charge in [-0.1, -0.05) is 42.5 Å². The number of para-hydroxylation sites is 2. The largest absolute Gasteiger partial charge is 0.391 e. The molecule has 3 aliphatic rings. The predicted octanol–water partition coefficient (Wildman–Crippen LogP) is 3.30. The Hall–Kier alpha value is -3.22. The maximum atomic E-state index is 13.9. The van der Waals surface area contributed by atoms with Crippen LogP contribution in [0.3, 0.4) is 0 Å². The number of aliphatic hydroxyl groups is 1. The number of nitrogens with zero attached hydrogens (tertiary/aromatic N) is 4. The smallest absolute Gasteiger partial charge is 0.245 e. The lowest BCUT2D eigenvalue weighted by atomic mass is 10.0. The number of benzene rings is 2. The molecule has 2 aromatic carbocycles. The van der Waals surface area contributed by atoms with Gasteiger partial charge in [0, 0.05) is 37.4 Å². The first-order valence-corrected chi connectivity index (χ1v) is 11.8. The van der Waals surface area contributed by atoms with Crippen LogP contribution in [0.25, 0.3) is 0 Å². The van der Waals surface area contributed by atoms with Crippen LogP contribution in [0.5, 0.6) is 0 Å². The van der Waals surface area contributed by atoms with E-state index in [0.717, 1.165) is 42.1 Å². The van der Waals surface area contributed by atoms with E-state index in [9.17, 15) is 9.90 Å². The van der Waals surface area contributed by atoms with Gasteiger partial charge in [0.2, 0.25) is 5.91 Å². The van der Waals surface area contributed by atoms with Crippen molar-refractivity contribution in [1.29, 1.82) is 0 Å². The van der Waals surface area contributed by atoms with Crippen LogP contribution in [-0.2, 0) is 24.2 Å². The highest BCUT2D eigenvalue weighted by Crippen LogP contribution is 2.37. The molecule has 3 aromatic rings. The minimum Gasteiger partial charge on any atom is -0.391 e. The van der Waals surface area contributed by atoms with Gasteiger partial charge >= 0.3 is 0 Å². The Kier molecular flexibility index (Phi) is 5.12. The van der Waals surface area contributed by atoms with Gasteiger partial charge in [-0.05, 0) is 48.6 Å². The maximum Gasteiger partial charge on any atom is 0.245 e. The van der Waals surface area contributed by atoms with Crippen molar-refractivity contribution in [1.82, 2.24) is 9.88 Å². The molecular weight excluding hydrogens is 412 g/mol. The van der Waals surface area contributed by atoms with E-state index in [0.29, 0.717) is 26.1 Å². The first-order chi connectivity index (χ1) is 16.2. The molecule has 1 amide bonds. The third kappa shape index (κ3) is 3.69. The maximum absolute atomic E-state index is 13.9. The van der Waals surface area contributed by atoms with Crippen molar-refractivity contribution in [2.24, 2.45) is 0 Å². The summed E-state index contributed by atoms with van der Waals surface area (Å²) in [7, 11) is 0. The molecule has 33 heavy (non-hydrogen) atoms. The third-order valence-electron chi connectivity index (χ3n) is 7.13. The van der Waals surface area contributed by atoms with E-state index < -0.39 is 0 Å². The second-order valence-corrected chi connectivity index (χ2v) is 9.34. The van der Waals surface area contributed by atoms with Crippen LogP contribution in [0.1, 0.15) is 23.1 Å². The number of amides is 1.